The summed E-state index contributed by atoms with van der Waals surface area (Å²) in [4.78, 5) is 0. The van der Waals surface area contributed by atoms with Crippen molar-refractivity contribution in [3.63, 3.8) is 0 Å². The van der Waals surface area contributed by atoms with Crippen molar-refractivity contribution in [2.24, 2.45) is 11.7 Å². The molecular weight excluding hydrogens is 212 g/mol. The molecule has 17 heavy (non-hydrogen) atoms. The average molecular weight is 242 g/mol. The van der Waals surface area contributed by atoms with Crippen molar-refractivity contribution in [3.8, 4) is 0 Å². The van der Waals surface area contributed by atoms with Crippen LogP contribution in [0.25, 0.3) is 0 Å². The second kappa shape index (κ2) is 8.06. The van der Waals surface area contributed by atoms with Crippen molar-refractivity contribution in [1.29, 1.82) is 0 Å². The van der Waals surface area contributed by atoms with Crippen molar-refractivity contribution in [2.45, 2.75) is 57.9 Å². The number of rotatable bonds is 8. The van der Waals surface area contributed by atoms with Crippen molar-refractivity contribution in [1.82, 2.24) is 5.32 Å². The average Bonchev–Trinajstić information content (AvgIpc) is 2.34. The summed E-state index contributed by atoms with van der Waals surface area (Å²) in [5.41, 5.74) is 5.93. The van der Waals surface area contributed by atoms with E-state index in [9.17, 15) is 0 Å². The Kier molecular flexibility index (Phi) is 7.09. The second-order valence-corrected chi connectivity index (χ2v) is 5.59. The molecule has 1 fully saturated rings. The Morgan fingerprint density at radius 3 is 2.59 bits per heavy atom. The molecule has 3 nitrogen and oxygen atoms in total. The molecule has 0 aromatic heterocycles. The highest BCUT2D eigenvalue weighted by Gasteiger charge is 2.25. The molecule has 1 unspecified atom stereocenters. The first-order chi connectivity index (χ1) is 8.20. The molecule has 0 bridgehead atoms. The van der Waals surface area contributed by atoms with Gasteiger partial charge in [-0.3, -0.25) is 0 Å². The largest absolute Gasteiger partial charge is 0.381 e. The molecule has 1 heterocycles. The Hall–Kier alpha value is -0.120. The minimum atomic E-state index is 0.313. The number of nitrogens with one attached hydrogen (secondary N) is 1. The van der Waals surface area contributed by atoms with Gasteiger partial charge in [0, 0.05) is 18.8 Å². The van der Waals surface area contributed by atoms with Crippen LogP contribution in [-0.2, 0) is 4.74 Å². The standard InChI is InChI=1S/C14H30N2O/c1-3-13(6-9-15)5-4-10-16-14(2)7-11-17-12-8-14/h13,16H,3-12,15H2,1-2H3. The van der Waals surface area contributed by atoms with E-state index in [-0.39, 0.29) is 0 Å². The minimum absolute atomic E-state index is 0.313. The van der Waals surface area contributed by atoms with Gasteiger partial charge >= 0.3 is 0 Å². The Labute approximate surface area is 106 Å². The SMILES string of the molecule is CCC(CCN)CCCNC1(C)CCOCC1. The Bertz CT molecular complexity index is 191. The Balaban J connectivity index is 2.09. The zero-order valence-corrected chi connectivity index (χ0v) is 11.6. The van der Waals surface area contributed by atoms with E-state index in [0.29, 0.717) is 5.54 Å². The van der Waals surface area contributed by atoms with Crippen molar-refractivity contribution in [2.75, 3.05) is 26.3 Å². The molecule has 0 spiro atoms. The third-order valence-electron chi connectivity index (χ3n) is 4.09. The summed E-state index contributed by atoms with van der Waals surface area (Å²) in [7, 11) is 0. The summed E-state index contributed by atoms with van der Waals surface area (Å²) in [6.45, 7) is 8.39. The van der Waals surface area contributed by atoms with Gasteiger partial charge in [0.2, 0.25) is 0 Å². The molecule has 0 aromatic rings. The van der Waals surface area contributed by atoms with Crippen LogP contribution in [0.1, 0.15) is 52.4 Å². The lowest BCUT2D eigenvalue weighted by atomic mass is 9.91. The van der Waals surface area contributed by atoms with Gasteiger partial charge < -0.3 is 15.8 Å². The van der Waals surface area contributed by atoms with E-state index in [0.717, 1.165) is 45.1 Å². The first kappa shape index (κ1) is 14.9. The molecule has 0 amide bonds. The smallest absolute Gasteiger partial charge is 0.0483 e. The monoisotopic (exact) mass is 242 g/mol. The van der Waals surface area contributed by atoms with Gasteiger partial charge in [0.05, 0.1) is 0 Å². The predicted molar refractivity (Wildman–Crippen MR) is 73.1 cm³/mol. The molecule has 0 aromatic carbocycles. The van der Waals surface area contributed by atoms with Crippen LogP contribution in [0.3, 0.4) is 0 Å². The van der Waals surface area contributed by atoms with E-state index in [4.69, 9.17) is 10.5 Å². The van der Waals surface area contributed by atoms with Crippen LogP contribution in [0.4, 0.5) is 0 Å². The number of ether oxygens (including phenoxy) is 1. The van der Waals surface area contributed by atoms with Crippen molar-refractivity contribution in [3.05, 3.63) is 0 Å². The quantitative estimate of drug-likeness (QED) is 0.642. The van der Waals surface area contributed by atoms with E-state index in [1.165, 1.54) is 25.7 Å². The molecule has 1 aliphatic rings. The summed E-state index contributed by atoms with van der Waals surface area (Å²) in [6.07, 6.45) is 7.33. The van der Waals surface area contributed by atoms with Crippen LogP contribution in [-0.4, -0.2) is 31.8 Å². The fourth-order valence-electron chi connectivity index (χ4n) is 2.57. The normalized spacial score (nSPS) is 21.4. The lowest BCUT2D eigenvalue weighted by Gasteiger charge is -2.34. The maximum Gasteiger partial charge on any atom is 0.0483 e. The number of nitrogens with two attached hydrogens (primary N) is 1. The number of hydrogen-bond donors (Lipinski definition) is 2. The fraction of sp³-hybridized carbons (Fsp3) is 1.00. The Morgan fingerprint density at radius 1 is 1.29 bits per heavy atom. The van der Waals surface area contributed by atoms with Crippen LogP contribution in [0, 0.1) is 5.92 Å². The molecule has 3 heteroatoms. The zero-order valence-electron chi connectivity index (χ0n) is 11.6. The molecule has 1 saturated heterocycles. The van der Waals surface area contributed by atoms with E-state index >= 15 is 0 Å². The summed E-state index contributed by atoms with van der Waals surface area (Å²) in [5, 5.41) is 3.71. The maximum absolute atomic E-state index is 5.62. The maximum atomic E-state index is 5.62. The first-order valence-corrected chi connectivity index (χ1v) is 7.23. The highest BCUT2D eigenvalue weighted by Crippen LogP contribution is 2.20. The molecule has 3 N–H and O–H groups in total. The van der Waals surface area contributed by atoms with Gasteiger partial charge in [0.1, 0.15) is 0 Å². The first-order valence-electron chi connectivity index (χ1n) is 7.23. The third kappa shape index (κ3) is 5.84. The molecule has 0 radical (unpaired) electrons. The van der Waals surface area contributed by atoms with Crippen LogP contribution in [0.15, 0.2) is 0 Å². The summed E-state index contributed by atoms with van der Waals surface area (Å²) in [5.74, 6) is 0.823. The van der Waals surface area contributed by atoms with Gasteiger partial charge in [0.25, 0.3) is 0 Å². The van der Waals surface area contributed by atoms with Crippen molar-refractivity contribution >= 4 is 0 Å². The van der Waals surface area contributed by atoms with Gasteiger partial charge in [-0.15, -0.1) is 0 Å². The van der Waals surface area contributed by atoms with E-state index in [2.05, 4.69) is 19.2 Å². The third-order valence-corrected chi connectivity index (χ3v) is 4.09. The second-order valence-electron chi connectivity index (χ2n) is 5.59. The van der Waals surface area contributed by atoms with Crippen molar-refractivity contribution < 1.29 is 4.74 Å². The zero-order chi connectivity index (χ0) is 12.6. The van der Waals surface area contributed by atoms with Crippen LogP contribution >= 0.6 is 0 Å². The van der Waals surface area contributed by atoms with Gasteiger partial charge in [-0.05, 0) is 58.0 Å². The lowest BCUT2D eigenvalue weighted by molar-refractivity contribution is 0.0451. The summed E-state index contributed by atoms with van der Waals surface area (Å²) >= 11 is 0. The molecule has 1 rings (SSSR count). The number of hydrogen-bond acceptors (Lipinski definition) is 3. The van der Waals surface area contributed by atoms with Gasteiger partial charge in [-0.2, -0.15) is 0 Å². The topological polar surface area (TPSA) is 47.3 Å². The Morgan fingerprint density at radius 2 is 2.00 bits per heavy atom. The molecule has 102 valence electrons. The minimum Gasteiger partial charge on any atom is -0.381 e. The van der Waals surface area contributed by atoms with E-state index in [1.54, 1.807) is 0 Å². The molecule has 0 saturated carbocycles. The molecule has 0 aliphatic carbocycles. The lowest BCUT2D eigenvalue weighted by Crippen LogP contribution is -2.47. The van der Waals surface area contributed by atoms with Crippen LogP contribution in [0.5, 0.6) is 0 Å². The highest BCUT2D eigenvalue weighted by atomic mass is 16.5. The summed E-state index contributed by atoms with van der Waals surface area (Å²) < 4.78 is 5.40. The highest BCUT2D eigenvalue weighted by molar-refractivity contribution is 4.85. The summed E-state index contributed by atoms with van der Waals surface area (Å²) in [6, 6.07) is 0. The van der Waals surface area contributed by atoms with Gasteiger partial charge in [-0.1, -0.05) is 13.3 Å². The van der Waals surface area contributed by atoms with E-state index < -0.39 is 0 Å². The van der Waals surface area contributed by atoms with E-state index in [1.807, 2.05) is 0 Å². The van der Waals surface area contributed by atoms with Crippen LogP contribution in [0.2, 0.25) is 0 Å². The molecule has 1 atom stereocenters. The van der Waals surface area contributed by atoms with Crippen LogP contribution < -0.4 is 11.1 Å². The van der Waals surface area contributed by atoms with Gasteiger partial charge in [0.15, 0.2) is 0 Å². The predicted octanol–water partition coefficient (Wildman–Crippen LogP) is 2.30. The van der Waals surface area contributed by atoms with Gasteiger partial charge in [-0.25, -0.2) is 0 Å². The molecule has 1 aliphatic heterocycles. The molecular formula is C14H30N2O. The fourth-order valence-corrected chi connectivity index (χ4v) is 2.57.